The van der Waals surface area contributed by atoms with Crippen LogP contribution in [0.25, 0.3) is 0 Å². The van der Waals surface area contributed by atoms with E-state index in [-0.39, 0.29) is 6.61 Å². The summed E-state index contributed by atoms with van der Waals surface area (Å²) in [6, 6.07) is 17.7. The Morgan fingerprint density at radius 3 is 2.34 bits per heavy atom. The number of amides is 2. The molecular weight excluding hydrogens is 489 g/mol. The van der Waals surface area contributed by atoms with E-state index in [0.29, 0.717) is 44.1 Å². The van der Waals surface area contributed by atoms with Crippen LogP contribution in [0.2, 0.25) is 10.0 Å². The molecular formula is C26H25Cl2N3O4. The maximum Gasteiger partial charge on any atom is 0.329 e. The Hall–Kier alpha value is -3.55. The van der Waals surface area contributed by atoms with Gasteiger partial charge in [-0.3, -0.25) is 9.59 Å². The first-order valence-corrected chi connectivity index (χ1v) is 11.6. The molecule has 0 radical (unpaired) electrons. The van der Waals surface area contributed by atoms with Crippen LogP contribution in [-0.2, 0) is 22.6 Å². The van der Waals surface area contributed by atoms with Crippen LogP contribution in [-0.4, -0.2) is 24.6 Å². The summed E-state index contributed by atoms with van der Waals surface area (Å²) in [5.41, 5.74) is 5.62. The number of rotatable bonds is 8. The fraction of sp³-hybridized carbons (Fsp3) is 0.192. The van der Waals surface area contributed by atoms with Gasteiger partial charge in [-0.2, -0.15) is 5.10 Å². The Morgan fingerprint density at radius 2 is 1.66 bits per heavy atom. The number of hydrogen-bond acceptors (Lipinski definition) is 5. The van der Waals surface area contributed by atoms with Crippen LogP contribution in [0.1, 0.15) is 30.5 Å². The molecule has 0 fully saturated rings. The van der Waals surface area contributed by atoms with Crippen molar-refractivity contribution in [3.05, 3.63) is 87.4 Å². The molecule has 182 valence electrons. The van der Waals surface area contributed by atoms with Crippen molar-refractivity contribution in [2.45, 2.75) is 26.9 Å². The molecule has 7 nitrogen and oxygen atoms in total. The number of nitrogens with one attached hydrogen (secondary N) is 2. The molecule has 0 aliphatic rings. The fourth-order valence-corrected chi connectivity index (χ4v) is 3.72. The number of hydrogen-bond donors (Lipinski definition) is 2. The van der Waals surface area contributed by atoms with E-state index in [0.717, 1.165) is 12.0 Å². The lowest BCUT2D eigenvalue weighted by molar-refractivity contribution is -0.136. The second-order valence-electron chi connectivity index (χ2n) is 7.46. The number of carbonyl (C=O) groups excluding carboxylic acids is 2. The van der Waals surface area contributed by atoms with Gasteiger partial charge in [0, 0.05) is 26.9 Å². The number of halogens is 2. The minimum Gasteiger partial charge on any atom is -0.493 e. The second-order valence-corrected chi connectivity index (χ2v) is 8.27. The highest BCUT2D eigenvalue weighted by atomic mass is 35.5. The van der Waals surface area contributed by atoms with Crippen molar-refractivity contribution in [3.63, 3.8) is 0 Å². The summed E-state index contributed by atoms with van der Waals surface area (Å²) < 4.78 is 11.3. The molecule has 0 atom stereocenters. The predicted molar refractivity (Wildman–Crippen MR) is 139 cm³/mol. The van der Waals surface area contributed by atoms with Crippen LogP contribution in [0.3, 0.4) is 0 Å². The first kappa shape index (κ1) is 26.1. The lowest BCUT2D eigenvalue weighted by atomic mass is 10.1. The van der Waals surface area contributed by atoms with Gasteiger partial charge in [0.1, 0.15) is 6.61 Å². The normalized spacial score (nSPS) is 11.1. The maximum atomic E-state index is 12.3. The monoisotopic (exact) mass is 513 g/mol. The van der Waals surface area contributed by atoms with Crippen LogP contribution in [0, 0.1) is 0 Å². The van der Waals surface area contributed by atoms with E-state index in [4.69, 9.17) is 32.7 Å². The van der Waals surface area contributed by atoms with E-state index in [1.807, 2.05) is 19.1 Å². The van der Waals surface area contributed by atoms with Crippen LogP contribution in [0.15, 0.2) is 65.8 Å². The van der Waals surface area contributed by atoms with E-state index in [2.05, 4.69) is 15.8 Å². The third-order valence-electron chi connectivity index (χ3n) is 5.19. The molecule has 0 saturated heterocycles. The molecule has 35 heavy (non-hydrogen) atoms. The van der Waals surface area contributed by atoms with Crippen molar-refractivity contribution in [2.24, 2.45) is 5.10 Å². The minimum atomic E-state index is -0.876. The van der Waals surface area contributed by atoms with Gasteiger partial charge in [-0.15, -0.1) is 0 Å². The van der Waals surface area contributed by atoms with Crippen molar-refractivity contribution >= 4 is 46.4 Å². The van der Waals surface area contributed by atoms with Gasteiger partial charge in [0.05, 0.1) is 12.8 Å². The number of para-hydroxylation sites is 1. The smallest absolute Gasteiger partial charge is 0.329 e. The summed E-state index contributed by atoms with van der Waals surface area (Å²) in [6.07, 6.45) is 0.725. The van der Waals surface area contributed by atoms with Crippen molar-refractivity contribution < 1.29 is 19.1 Å². The van der Waals surface area contributed by atoms with Crippen LogP contribution in [0.4, 0.5) is 5.69 Å². The van der Waals surface area contributed by atoms with Crippen LogP contribution in [0.5, 0.6) is 11.5 Å². The number of carbonyl (C=O) groups is 2. The van der Waals surface area contributed by atoms with Crippen molar-refractivity contribution in [2.75, 3.05) is 12.4 Å². The standard InChI is InChI=1S/C26H25Cl2N3O4/c1-4-17-8-5-6-11-22(17)29-25(32)26(33)31-30-16(2)18-12-13-23(24(14-18)34-3)35-15-19-20(27)9-7-10-21(19)28/h5-14H,4,15H2,1-3H3,(H,29,32)(H,31,33)/b30-16+. The molecule has 2 N–H and O–H groups in total. The molecule has 0 aromatic heterocycles. The highest BCUT2D eigenvalue weighted by Gasteiger charge is 2.15. The number of aryl methyl sites for hydroxylation is 1. The van der Waals surface area contributed by atoms with Gasteiger partial charge in [-0.1, -0.05) is 54.4 Å². The molecule has 0 aliphatic carbocycles. The molecule has 0 heterocycles. The largest absolute Gasteiger partial charge is 0.493 e. The van der Waals surface area contributed by atoms with E-state index in [1.54, 1.807) is 55.5 Å². The van der Waals surface area contributed by atoms with Gasteiger partial charge in [0.15, 0.2) is 11.5 Å². The minimum absolute atomic E-state index is 0.160. The summed E-state index contributed by atoms with van der Waals surface area (Å²) in [7, 11) is 1.52. The zero-order valence-corrected chi connectivity index (χ0v) is 21.0. The zero-order chi connectivity index (χ0) is 25.4. The molecule has 0 bridgehead atoms. The molecule has 0 saturated carbocycles. The zero-order valence-electron chi connectivity index (χ0n) is 19.5. The number of anilines is 1. The Balaban J connectivity index is 1.66. The highest BCUT2D eigenvalue weighted by molar-refractivity contribution is 6.39. The number of ether oxygens (including phenoxy) is 2. The molecule has 0 spiro atoms. The Morgan fingerprint density at radius 1 is 0.943 bits per heavy atom. The van der Waals surface area contributed by atoms with Crippen molar-refractivity contribution in [1.82, 2.24) is 5.43 Å². The number of hydrazone groups is 1. The SMILES string of the molecule is CCc1ccccc1NC(=O)C(=O)N/N=C(\C)c1ccc(OCc2c(Cl)cccc2Cl)c(OC)c1. The van der Waals surface area contributed by atoms with Gasteiger partial charge in [-0.05, 0) is 55.3 Å². The Bertz CT molecular complexity index is 1240. The summed E-state index contributed by atoms with van der Waals surface area (Å²) in [6.45, 7) is 3.83. The average molecular weight is 514 g/mol. The molecule has 3 rings (SSSR count). The first-order chi connectivity index (χ1) is 16.8. The Kier molecular flexibility index (Phi) is 9.11. The average Bonchev–Trinajstić information content (AvgIpc) is 2.87. The van der Waals surface area contributed by atoms with Gasteiger partial charge in [-0.25, -0.2) is 5.43 Å². The highest BCUT2D eigenvalue weighted by Crippen LogP contribution is 2.31. The lowest BCUT2D eigenvalue weighted by Gasteiger charge is -2.14. The number of nitrogens with zero attached hydrogens (tertiary/aromatic N) is 1. The summed E-state index contributed by atoms with van der Waals surface area (Å²) in [4.78, 5) is 24.5. The Labute approximate surface area is 214 Å². The second kappa shape index (κ2) is 12.2. The van der Waals surface area contributed by atoms with E-state index in [9.17, 15) is 9.59 Å². The van der Waals surface area contributed by atoms with Gasteiger partial charge < -0.3 is 14.8 Å². The summed E-state index contributed by atoms with van der Waals surface area (Å²) in [5, 5.41) is 7.67. The third kappa shape index (κ3) is 6.74. The molecule has 9 heteroatoms. The molecule has 2 amide bonds. The van der Waals surface area contributed by atoms with E-state index < -0.39 is 11.8 Å². The predicted octanol–water partition coefficient (Wildman–Crippen LogP) is 5.62. The van der Waals surface area contributed by atoms with Crippen LogP contribution < -0.4 is 20.2 Å². The van der Waals surface area contributed by atoms with Gasteiger partial charge in [0.2, 0.25) is 0 Å². The first-order valence-electron chi connectivity index (χ1n) is 10.8. The maximum absolute atomic E-state index is 12.3. The van der Waals surface area contributed by atoms with Crippen molar-refractivity contribution in [1.29, 1.82) is 0 Å². The number of methoxy groups -OCH3 is 1. The summed E-state index contributed by atoms with van der Waals surface area (Å²) in [5.74, 6) is -0.737. The lowest BCUT2D eigenvalue weighted by Crippen LogP contribution is -2.33. The molecule has 0 aliphatic heterocycles. The third-order valence-corrected chi connectivity index (χ3v) is 5.90. The topological polar surface area (TPSA) is 89.0 Å². The van der Waals surface area contributed by atoms with E-state index in [1.165, 1.54) is 7.11 Å². The molecule has 0 unspecified atom stereocenters. The van der Waals surface area contributed by atoms with Gasteiger partial charge in [0.25, 0.3) is 0 Å². The van der Waals surface area contributed by atoms with Crippen LogP contribution >= 0.6 is 23.2 Å². The summed E-state index contributed by atoms with van der Waals surface area (Å²) >= 11 is 12.4. The number of benzene rings is 3. The van der Waals surface area contributed by atoms with Gasteiger partial charge >= 0.3 is 11.8 Å². The van der Waals surface area contributed by atoms with Crippen molar-refractivity contribution in [3.8, 4) is 11.5 Å². The fourth-order valence-electron chi connectivity index (χ4n) is 3.21. The quantitative estimate of drug-likeness (QED) is 0.232. The van der Waals surface area contributed by atoms with E-state index >= 15 is 0 Å². The molecule has 3 aromatic carbocycles. The molecule has 3 aromatic rings.